The largest absolute Gasteiger partial charge is 0.352 e. The van der Waals surface area contributed by atoms with Crippen molar-refractivity contribution in [2.75, 3.05) is 17.3 Å². The van der Waals surface area contributed by atoms with Gasteiger partial charge >= 0.3 is 0 Å². The van der Waals surface area contributed by atoms with Gasteiger partial charge in [0, 0.05) is 6.04 Å². The fourth-order valence-electron chi connectivity index (χ4n) is 2.48. The Morgan fingerprint density at radius 1 is 1.50 bits per heavy atom. The third kappa shape index (κ3) is 3.61. The third-order valence-corrected chi connectivity index (χ3v) is 6.19. The summed E-state index contributed by atoms with van der Waals surface area (Å²) in [6.07, 6.45) is 0.503. The Hall–Kier alpha value is -1.54. The van der Waals surface area contributed by atoms with Crippen LogP contribution in [0.4, 0.5) is 0 Å². The van der Waals surface area contributed by atoms with Crippen molar-refractivity contribution in [1.82, 2.24) is 15.3 Å². The first-order valence-electron chi connectivity index (χ1n) is 7.00. The van der Waals surface area contributed by atoms with Gasteiger partial charge in [0.1, 0.15) is 0 Å². The van der Waals surface area contributed by atoms with E-state index in [1.807, 2.05) is 25.1 Å². The van der Waals surface area contributed by atoms with Crippen molar-refractivity contribution < 1.29 is 13.2 Å². The molecular weight excluding hydrogens is 322 g/mol. The highest BCUT2D eigenvalue weighted by Crippen LogP contribution is 2.20. The van der Waals surface area contributed by atoms with Crippen molar-refractivity contribution >= 4 is 38.5 Å². The summed E-state index contributed by atoms with van der Waals surface area (Å²) in [7, 11) is -2.97. The van der Waals surface area contributed by atoms with Gasteiger partial charge in [-0.05, 0) is 31.0 Å². The van der Waals surface area contributed by atoms with Gasteiger partial charge in [0.15, 0.2) is 15.0 Å². The highest BCUT2D eigenvalue weighted by atomic mass is 32.2. The minimum absolute atomic E-state index is 0.0489. The SMILES string of the molecule is Cc1ccc2nc(SCC(=O)N[C@@H]3CCS(=O)(=O)C3)[nH]c2c1. The first kappa shape index (κ1) is 15.4. The molecular formula is C14H17N3O3S2. The number of aromatic nitrogens is 2. The fraction of sp³-hybridized carbons (Fsp3) is 0.429. The number of carbonyl (C=O) groups excluding carboxylic acids is 1. The van der Waals surface area contributed by atoms with E-state index < -0.39 is 9.84 Å². The van der Waals surface area contributed by atoms with Crippen LogP contribution in [-0.4, -0.2) is 47.6 Å². The van der Waals surface area contributed by atoms with Crippen molar-refractivity contribution in [3.8, 4) is 0 Å². The molecule has 0 bridgehead atoms. The first-order valence-corrected chi connectivity index (χ1v) is 9.81. The van der Waals surface area contributed by atoms with Gasteiger partial charge in [-0.1, -0.05) is 17.8 Å². The average molecular weight is 339 g/mol. The lowest BCUT2D eigenvalue weighted by molar-refractivity contribution is -0.119. The predicted octanol–water partition coefficient (Wildman–Crippen LogP) is 1.27. The van der Waals surface area contributed by atoms with Crippen LogP contribution in [0.1, 0.15) is 12.0 Å². The topological polar surface area (TPSA) is 91.9 Å². The van der Waals surface area contributed by atoms with Crippen molar-refractivity contribution in [3.05, 3.63) is 23.8 Å². The molecule has 6 nitrogen and oxygen atoms in total. The number of fused-ring (bicyclic) bond motifs is 1. The van der Waals surface area contributed by atoms with Crippen molar-refractivity contribution in [3.63, 3.8) is 0 Å². The standard InChI is InChI=1S/C14H17N3O3S2/c1-9-2-3-11-12(6-9)17-14(16-11)21-7-13(18)15-10-4-5-22(19,20)8-10/h2-3,6,10H,4-5,7-8H2,1H3,(H,15,18)(H,16,17)/t10-/m1/s1. The van der Waals surface area contributed by atoms with E-state index in [1.165, 1.54) is 11.8 Å². The number of nitrogens with one attached hydrogen (secondary N) is 2. The molecule has 1 aromatic carbocycles. The van der Waals surface area contributed by atoms with E-state index in [1.54, 1.807) is 0 Å². The number of imidazole rings is 1. The number of aryl methyl sites for hydroxylation is 1. The van der Waals surface area contributed by atoms with Crippen LogP contribution in [0.15, 0.2) is 23.4 Å². The summed E-state index contributed by atoms with van der Waals surface area (Å²) in [4.78, 5) is 19.5. The third-order valence-electron chi connectivity index (χ3n) is 3.55. The van der Waals surface area contributed by atoms with Gasteiger partial charge in [-0.25, -0.2) is 13.4 Å². The molecule has 1 fully saturated rings. The molecule has 22 heavy (non-hydrogen) atoms. The van der Waals surface area contributed by atoms with Gasteiger partial charge in [0.05, 0.1) is 28.3 Å². The number of thioether (sulfide) groups is 1. The molecule has 118 valence electrons. The van der Waals surface area contributed by atoms with Crippen LogP contribution >= 0.6 is 11.8 Å². The van der Waals surface area contributed by atoms with Gasteiger partial charge in [0.2, 0.25) is 5.91 Å². The Morgan fingerprint density at radius 2 is 2.32 bits per heavy atom. The van der Waals surface area contributed by atoms with Crippen LogP contribution < -0.4 is 5.32 Å². The predicted molar refractivity (Wildman–Crippen MR) is 86.8 cm³/mol. The van der Waals surface area contributed by atoms with Crippen molar-refractivity contribution in [1.29, 1.82) is 0 Å². The average Bonchev–Trinajstić information content (AvgIpc) is 2.98. The number of benzene rings is 1. The minimum Gasteiger partial charge on any atom is -0.352 e. The summed E-state index contributed by atoms with van der Waals surface area (Å²) < 4.78 is 22.7. The molecule has 0 spiro atoms. The lowest BCUT2D eigenvalue weighted by Crippen LogP contribution is -2.36. The summed E-state index contributed by atoms with van der Waals surface area (Å²) in [5, 5.41) is 3.46. The number of carbonyl (C=O) groups is 1. The second-order valence-electron chi connectivity index (χ2n) is 5.52. The van der Waals surface area contributed by atoms with Crippen LogP contribution in [0.25, 0.3) is 11.0 Å². The van der Waals surface area contributed by atoms with Crippen LogP contribution in [0, 0.1) is 6.92 Å². The maximum Gasteiger partial charge on any atom is 0.230 e. The van der Waals surface area contributed by atoms with Gasteiger partial charge in [0.25, 0.3) is 0 Å². The number of amides is 1. The number of nitrogens with zero attached hydrogens (tertiary/aromatic N) is 1. The molecule has 1 aliphatic heterocycles. The van der Waals surface area contributed by atoms with E-state index in [2.05, 4.69) is 15.3 Å². The van der Waals surface area contributed by atoms with E-state index in [0.717, 1.165) is 16.6 Å². The maximum atomic E-state index is 11.9. The number of hydrogen-bond acceptors (Lipinski definition) is 5. The normalized spacial score (nSPS) is 20.3. The Labute approximate surface area is 133 Å². The van der Waals surface area contributed by atoms with Crippen LogP contribution in [0.5, 0.6) is 0 Å². The molecule has 1 aliphatic rings. The first-order chi connectivity index (χ1) is 10.4. The fourth-order valence-corrected chi connectivity index (χ4v) is 4.85. The summed E-state index contributed by atoms with van der Waals surface area (Å²) in [6.45, 7) is 2.01. The van der Waals surface area contributed by atoms with Gasteiger partial charge in [-0.2, -0.15) is 0 Å². The Bertz CT molecular complexity index is 814. The van der Waals surface area contributed by atoms with Crippen molar-refractivity contribution in [2.45, 2.75) is 24.5 Å². The van der Waals surface area contributed by atoms with Crippen LogP contribution in [-0.2, 0) is 14.6 Å². The molecule has 8 heteroatoms. The van der Waals surface area contributed by atoms with E-state index in [0.29, 0.717) is 11.6 Å². The van der Waals surface area contributed by atoms with Crippen LogP contribution in [0.3, 0.4) is 0 Å². The molecule has 0 aliphatic carbocycles. The zero-order chi connectivity index (χ0) is 15.7. The summed E-state index contributed by atoms with van der Waals surface area (Å²) in [5.74, 6) is 0.264. The second kappa shape index (κ2) is 5.92. The second-order valence-corrected chi connectivity index (χ2v) is 8.71. The molecule has 1 amide bonds. The van der Waals surface area contributed by atoms with Gasteiger partial charge < -0.3 is 10.3 Å². The molecule has 1 saturated heterocycles. The Morgan fingerprint density at radius 3 is 3.05 bits per heavy atom. The molecule has 0 radical (unpaired) electrons. The molecule has 2 N–H and O–H groups in total. The quantitative estimate of drug-likeness (QED) is 0.819. The number of H-pyrrole nitrogens is 1. The molecule has 2 aromatic rings. The van der Waals surface area contributed by atoms with E-state index in [4.69, 9.17) is 0 Å². The molecule has 0 unspecified atom stereocenters. The Kier molecular flexibility index (Phi) is 4.14. The number of aromatic amines is 1. The summed E-state index contributed by atoms with van der Waals surface area (Å²) >= 11 is 1.32. The maximum absolute atomic E-state index is 11.9. The van der Waals surface area contributed by atoms with E-state index in [-0.39, 0.29) is 29.2 Å². The summed E-state index contributed by atoms with van der Waals surface area (Å²) in [6, 6.07) is 5.69. The minimum atomic E-state index is -2.97. The lowest BCUT2D eigenvalue weighted by atomic mass is 10.2. The molecule has 2 heterocycles. The number of rotatable bonds is 4. The van der Waals surface area contributed by atoms with Gasteiger partial charge in [-0.15, -0.1) is 0 Å². The molecule has 3 rings (SSSR count). The number of hydrogen-bond donors (Lipinski definition) is 2. The van der Waals surface area contributed by atoms with E-state index in [9.17, 15) is 13.2 Å². The van der Waals surface area contributed by atoms with Crippen molar-refractivity contribution in [2.24, 2.45) is 0 Å². The Balaban J connectivity index is 1.56. The summed E-state index contributed by atoms with van der Waals surface area (Å²) in [5.41, 5.74) is 2.97. The molecule has 1 atom stereocenters. The van der Waals surface area contributed by atoms with Gasteiger partial charge in [-0.3, -0.25) is 4.79 Å². The number of sulfone groups is 1. The highest BCUT2D eigenvalue weighted by molar-refractivity contribution is 7.99. The molecule has 0 saturated carbocycles. The van der Waals surface area contributed by atoms with E-state index >= 15 is 0 Å². The lowest BCUT2D eigenvalue weighted by Gasteiger charge is -2.09. The highest BCUT2D eigenvalue weighted by Gasteiger charge is 2.28. The van der Waals surface area contributed by atoms with Crippen LogP contribution in [0.2, 0.25) is 0 Å². The zero-order valence-electron chi connectivity index (χ0n) is 12.1. The monoisotopic (exact) mass is 339 g/mol. The zero-order valence-corrected chi connectivity index (χ0v) is 13.8. The molecule has 1 aromatic heterocycles. The smallest absolute Gasteiger partial charge is 0.230 e.